The molecule has 2 aliphatic rings. The minimum atomic E-state index is -0.919. The number of ether oxygens (including phenoxy) is 1. The van der Waals surface area contributed by atoms with Crippen molar-refractivity contribution in [2.75, 3.05) is 26.8 Å². The van der Waals surface area contributed by atoms with Gasteiger partial charge < -0.3 is 14.7 Å². The number of methoxy groups -OCH3 is 1. The van der Waals surface area contributed by atoms with E-state index in [0.717, 1.165) is 32.1 Å². The molecular weight excluding hydrogens is 258 g/mol. The number of rotatable bonds is 5. The summed E-state index contributed by atoms with van der Waals surface area (Å²) in [6.45, 7) is 3.07. The fourth-order valence-electron chi connectivity index (χ4n) is 3.78. The highest BCUT2D eigenvalue weighted by molar-refractivity contribution is 5.85. The van der Waals surface area contributed by atoms with E-state index >= 15 is 0 Å². The number of carboxylic acids is 1. The molecule has 1 unspecified atom stereocenters. The fraction of sp³-hybridized carbons (Fsp3) is 0.867. The summed E-state index contributed by atoms with van der Waals surface area (Å²) in [5.74, 6) is -0.691. The van der Waals surface area contributed by atoms with Crippen LogP contribution in [0.2, 0.25) is 0 Å². The van der Waals surface area contributed by atoms with Crippen LogP contribution in [0.1, 0.15) is 45.4 Å². The van der Waals surface area contributed by atoms with Crippen LogP contribution < -0.4 is 0 Å². The van der Waals surface area contributed by atoms with Gasteiger partial charge in [0, 0.05) is 25.6 Å². The van der Waals surface area contributed by atoms with E-state index in [-0.39, 0.29) is 24.5 Å². The zero-order valence-electron chi connectivity index (χ0n) is 12.5. The van der Waals surface area contributed by atoms with Gasteiger partial charge in [-0.3, -0.25) is 9.59 Å². The van der Waals surface area contributed by atoms with Crippen molar-refractivity contribution in [2.24, 2.45) is 10.8 Å². The average molecular weight is 283 g/mol. The van der Waals surface area contributed by atoms with Crippen molar-refractivity contribution in [2.45, 2.75) is 45.4 Å². The quantitative estimate of drug-likeness (QED) is 0.837. The first-order valence-corrected chi connectivity index (χ1v) is 7.51. The van der Waals surface area contributed by atoms with Gasteiger partial charge >= 0.3 is 5.97 Å². The molecule has 0 aromatic rings. The smallest absolute Gasteiger partial charge is 0.313 e. The first-order chi connectivity index (χ1) is 9.49. The third-order valence-corrected chi connectivity index (χ3v) is 5.21. The summed E-state index contributed by atoms with van der Waals surface area (Å²) in [7, 11) is 1.51. The highest BCUT2D eigenvalue weighted by atomic mass is 16.5. The van der Waals surface area contributed by atoms with Gasteiger partial charge in [-0.2, -0.15) is 0 Å². The van der Waals surface area contributed by atoms with Crippen molar-refractivity contribution < 1.29 is 19.4 Å². The fourth-order valence-corrected chi connectivity index (χ4v) is 3.78. The van der Waals surface area contributed by atoms with Gasteiger partial charge in [-0.05, 0) is 25.7 Å². The summed E-state index contributed by atoms with van der Waals surface area (Å²) < 4.78 is 5.08. The Labute approximate surface area is 120 Å². The molecule has 1 atom stereocenters. The number of carbonyl (C=O) groups is 2. The predicted octanol–water partition coefficient (Wildman–Crippen LogP) is 1.91. The predicted molar refractivity (Wildman–Crippen MR) is 74.3 cm³/mol. The lowest BCUT2D eigenvalue weighted by Gasteiger charge is -2.32. The molecule has 2 rings (SSSR count). The molecule has 0 aromatic carbocycles. The van der Waals surface area contributed by atoms with Gasteiger partial charge in [0.1, 0.15) is 5.41 Å². The maximum atomic E-state index is 12.8. The number of hydrogen-bond donors (Lipinski definition) is 1. The van der Waals surface area contributed by atoms with Crippen molar-refractivity contribution in [3.63, 3.8) is 0 Å². The molecule has 2 fully saturated rings. The Balaban J connectivity index is 2.12. The van der Waals surface area contributed by atoms with Gasteiger partial charge in [0.05, 0.1) is 6.61 Å². The Morgan fingerprint density at radius 3 is 2.35 bits per heavy atom. The molecule has 1 aliphatic heterocycles. The summed E-state index contributed by atoms with van der Waals surface area (Å²) >= 11 is 0. The van der Waals surface area contributed by atoms with Crippen molar-refractivity contribution >= 4 is 11.9 Å². The SMILES string of the molecule is CCC1(C(=O)N2CCC(COC)(C(=O)O)C2)CCCC1. The van der Waals surface area contributed by atoms with Crippen LogP contribution in [0.15, 0.2) is 0 Å². The van der Waals surface area contributed by atoms with Crippen LogP contribution in [0.5, 0.6) is 0 Å². The summed E-state index contributed by atoms with van der Waals surface area (Å²) in [6, 6.07) is 0. The van der Waals surface area contributed by atoms with Crippen LogP contribution in [-0.4, -0.2) is 48.7 Å². The first-order valence-electron chi connectivity index (χ1n) is 7.51. The third-order valence-electron chi connectivity index (χ3n) is 5.21. The number of nitrogens with zero attached hydrogens (tertiary/aromatic N) is 1. The highest BCUT2D eigenvalue weighted by Gasteiger charge is 2.50. The molecule has 1 saturated carbocycles. The molecule has 1 saturated heterocycles. The first kappa shape index (κ1) is 15.3. The van der Waals surface area contributed by atoms with E-state index in [1.54, 1.807) is 4.90 Å². The zero-order chi connectivity index (χ0) is 14.8. The normalized spacial score (nSPS) is 28.8. The lowest BCUT2D eigenvalue weighted by atomic mass is 9.81. The number of hydrogen-bond acceptors (Lipinski definition) is 3. The molecule has 1 N–H and O–H groups in total. The van der Waals surface area contributed by atoms with E-state index < -0.39 is 11.4 Å². The number of carbonyl (C=O) groups excluding carboxylic acids is 1. The summed E-state index contributed by atoms with van der Waals surface area (Å²) in [5.41, 5.74) is -1.15. The maximum Gasteiger partial charge on any atom is 0.313 e. The van der Waals surface area contributed by atoms with Crippen LogP contribution in [-0.2, 0) is 14.3 Å². The number of likely N-dealkylation sites (tertiary alicyclic amines) is 1. The zero-order valence-corrected chi connectivity index (χ0v) is 12.5. The molecule has 1 heterocycles. The summed E-state index contributed by atoms with van der Waals surface area (Å²) in [6.07, 6.45) is 5.45. The Bertz CT molecular complexity index is 389. The second-order valence-electron chi connectivity index (χ2n) is 6.34. The molecule has 5 heteroatoms. The largest absolute Gasteiger partial charge is 0.481 e. The maximum absolute atomic E-state index is 12.8. The van der Waals surface area contributed by atoms with Crippen molar-refractivity contribution in [1.29, 1.82) is 0 Å². The van der Waals surface area contributed by atoms with Crippen molar-refractivity contribution in [1.82, 2.24) is 4.90 Å². The highest BCUT2D eigenvalue weighted by Crippen LogP contribution is 2.44. The van der Waals surface area contributed by atoms with Gasteiger partial charge in [0.15, 0.2) is 0 Å². The van der Waals surface area contributed by atoms with E-state index in [4.69, 9.17) is 4.74 Å². The molecule has 0 radical (unpaired) electrons. The molecular formula is C15H25NO4. The molecule has 0 bridgehead atoms. The molecule has 20 heavy (non-hydrogen) atoms. The van der Waals surface area contributed by atoms with Gasteiger partial charge in [-0.15, -0.1) is 0 Å². The van der Waals surface area contributed by atoms with E-state index in [2.05, 4.69) is 6.92 Å². The minimum Gasteiger partial charge on any atom is -0.481 e. The Morgan fingerprint density at radius 1 is 1.20 bits per heavy atom. The van der Waals surface area contributed by atoms with E-state index in [9.17, 15) is 14.7 Å². The summed E-state index contributed by atoms with van der Waals surface area (Å²) in [5, 5.41) is 9.46. The van der Waals surface area contributed by atoms with Gasteiger partial charge in [0.2, 0.25) is 5.91 Å². The molecule has 0 spiro atoms. The lowest BCUT2D eigenvalue weighted by molar-refractivity contribution is -0.152. The molecule has 1 amide bonds. The van der Waals surface area contributed by atoms with E-state index in [1.165, 1.54) is 7.11 Å². The van der Waals surface area contributed by atoms with Crippen LogP contribution in [0.4, 0.5) is 0 Å². The molecule has 5 nitrogen and oxygen atoms in total. The third kappa shape index (κ3) is 2.43. The van der Waals surface area contributed by atoms with Crippen LogP contribution >= 0.6 is 0 Å². The Kier molecular flexibility index (Phi) is 4.37. The van der Waals surface area contributed by atoms with E-state index in [0.29, 0.717) is 13.0 Å². The minimum absolute atomic E-state index is 0.164. The number of amides is 1. The van der Waals surface area contributed by atoms with Gasteiger partial charge in [0.25, 0.3) is 0 Å². The monoisotopic (exact) mass is 283 g/mol. The van der Waals surface area contributed by atoms with Crippen molar-refractivity contribution in [3.8, 4) is 0 Å². The van der Waals surface area contributed by atoms with Crippen LogP contribution in [0.25, 0.3) is 0 Å². The number of carboxylic acid groups (broad SMARTS) is 1. The van der Waals surface area contributed by atoms with Gasteiger partial charge in [-0.25, -0.2) is 0 Å². The summed E-state index contributed by atoms with van der Waals surface area (Å²) in [4.78, 5) is 26.1. The number of aliphatic carboxylic acids is 1. The van der Waals surface area contributed by atoms with E-state index in [1.807, 2.05) is 0 Å². The second kappa shape index (κ2) is 5.72. The van der Waals surface area contributed by atoms with Gasteiger partial charge in [-0.1, -0.05) is 19.8 Å². The molecule has 1 aliphatic carbocycles. The molecule has 0 aromatic heterocycles. The lowest BCUT2D eigenvalue weighted by Crippen LogP contribution is -2.44. The Hall–Kier alpha value is -1.10. The average Bonchev–Trinajstić information content (AvgIpc) is 3.06. The topological polar surface area (TPSA) is 66.8 Å². The molecule has 114 valence electrons. The standard InChI is InChI=1S/C15H25NO4/c1-3-14(6-4-5-7-14)12(17)16-9-8-15(10-16,11-20-2)13(18)19/h3-11H2,1-2H3,(H,18,19). The van der Waals surface area contributed by atoms with Crippen molar-refractivity contribution in [3.05, 3.63) is 0 Å². The Morgan fingerprint density at radius 2 is 1.85 bits per heavy atom. The second-order valence-corrected chi connectivity index (χ2v) is 6.34. The van der Waals surface area contributed by atoms with Crippen LogP contribution in [0, 0.1) is 10.8 Å². The van der Waals surface area contributed by atoms with Crippen LogP contribution in [0.3, 0.4) is 0 Å².